The quantitative estimate of drug-likeness (QED) is 0.776. The van der Waals surface area contributed by atoms with Crippen molar-refractivity contribution < 1.29 is 14.3 Å². The van der Waals surface area contributed by atoms with E-state index in [0.717, 1.165) is 34.0 Å². The maximum atomic E-state index is 12.4. The molecule has 6 heteroatoms. The fraction of sp³-hybridized carbons (Fsp3) is 0.167. The minimum atomic E-state index is -0.0468. The predicted molar refractivity (Wildman–Crippen MR) is 92.2 cm³/mol. The topological polar surface area (TPSA) is 52.5 Å². The Morgan fingerprint density at radius 1 is 1.17 bits per heavy atom. The van der Waals surface area contributed by atoms with Crippen molar-refractivity contribution in [3.8, 4) is 17.2 Å². The number of amides is 1. The van der Waals surface area contributed by atoms with Gasteiger partial charge < -0.3 is 19.4 Å². The highest BCUT2D eigenvalue weighted by atomic mass is 32.1. The molecule has 0 aliphatic carbocycles. The van der Waals surface area contributed by atoms with Crippen molar-refractivity contribution in [2.45, 2.75) is 6.42 Å². The van der Waals surface area contributed by atoms with Crippen LogP contribution in [0.5, 0.6) is 11.5 Å². The van der Waals surface area contributed by atoms with E-state index in [-0.39, 0.29) is 12.7 Å². The van der Waals surface area contributed by atoms with Crippen molar-refractivity contribution >= 4 is 17.2 Å². The number of rotatable bonds is 5. The molecule has 0 atom stereocenters. The Morgan fingerprint density at radius 3 is 2.88 bits per heavy atom. The Bertz CT molecular complexity index is 855. The number of hydrogen-bond donors (Lipinski definition) is 1. The van der Waals surface area contributed by atoms with Gasteiger partial charge in [0.1, 0.15) is 4.88 Å². The molecule has 0 unspecified atom stereocenters. The zero-order valence-electron chi connectivity index (χ0n) is 12.9. The molecule has 1 aliphatic rings. The van der Waals surface area contributed by atoms with Gasteiger partial charge >= 0.3 is 0 Å². The Hall–Kier alpha value is -2.73. The summed E-state index contributed by atoms with van der Waals surface area (Å²) in [6.45, 7) is 0.845. The molecule has 0 radical (unpaired) electrons. The van der Waals surface area contributed by atoms with Crippen molar-refractivity contribution in [3.63, 3.8) is 0 Å². The second kappa shape index (κ2) is 6.41. The van der Waals surface area contributed by atoms with E-state index in [1.165, 1.54) is 11.3 Å². The molecule has 0 saturated heterocycles. The lowest BCUT2D eigenvalue weighted by atomic mass is 10.1. The lowest BCUT2D eigenvalue weighted by molar-refractivity contribution is 0.0958. The zero-order chi connectivity index (χ0) is 16.4. The van der Waals surface area contributed by atoms with Gasteiger partial charge in [-0.2, -0.15) is 0 Å². The maximum absolute atomic E-state index is 12.4. The highest BCUT2D eigenvalue weighted by molar-refractivity contribution is 7.12. The fourth-order valence-corrected chi connectivity index (χ4v) is 3.47. The number of thiophene rings is 1. The Balaban J connectivity index is 1.38. The molecular formula is C18H16N2O3S. The first-order valence-corrected chi connectivity index (χ1v) is 8.57. The SMILES string of the molecule is O=C(NCCc1ccc2c(c1)OCO2)c1sccc1-n1cccc1. The third-order valence-electron chi connectivity index (χ3n) is 3.87. The van der Waals surface area contributed by atoms with E-state index in [2.05, 4.69) is 5.32 Å². The van der Waals surface area contributed by atoms with Gasteiger partial charge in [-0.1, -0.05) is 6.07 Å². The average Bonchev–Trinajstić information content (AvgIpc) is 3.33. The van der Waals surface area contributed by atoms with Crippen molar-refractivity contribution in [2.75, 3.05) is 13.3 Å². The first kappa shape index (κ1) is 14.8. The van der Waals surface area contributed by atoms with Crippen molar-refractivity contribution in [1.29, 1.82) is 0 Å². The molecule has 1 amide bonds. The van der Waals surface area contributed by atoms with Gasteiger partial charge in [0.25, 0.3) is 5.91 Å². The lowest BCUT2D eigenvalue weighted by Gasteiger charge is -2.07. The second-order valence-electron chi connectivity index (χ2n) is 5.42. The highest BCUT2D eigenvalue weighted by Crippen LogP contribution is 2.32. The van der Waals surface area contributed by atoms with Crippen LogP contribution in [0.1, 0.15) is 15.2 Å². The summed E-state index contributed by atoms with van der Waals surface area (Å²) < 4.78 is 12.6. The van der Waals surface area contributed by atoms with E-state index in [4.69, 9.17) is 9.47 Å². The number of aromatic nitrogens is 1. The molecule has 0 bridgehead atoms. The smallest absolute Gasteiger partial charge is 0.263 e. The van der Waals surface area contributed by atoms with Gasteiger partial charge in [-0.05, 0) is 47.7 Å². The predicted octanol–water partition coefficient (Wildman–Crippen LogP) is 3.24. The third-order valence-corrected chi connectivity index (χ3v) is 4.77. The van der Waals surface area contributed by atoms with Crippen LogP contribution in [0.4, 0.5) is 0 Å². The molecule has 122 valence electrons. The number of fused-ring (bicyclic) bond motifs is 1. The summed E-state index contributed by atoms with van der Waals surface area (Å²) >= 11 is 1.45. The van der Waals surface area contributed by atoms with E-state index in [9.17, 15) is 4.79 Å². The minimum absolute atomic E-state index is 0.0468. The number of nitrogens with zero attached hydrogens (tertiary/aromatic N) is 1. The van der Waals surface area contributed by atoms with Crippen LogP contribution in [-0.2, 0) is 6.42 Å². The van der Waals surface area contributed by atoms with Crippen LogP contribution in [-0.4, -0.2) is 23.8 Å². The molecular weight excluding hydrogens is 324 g/mol. The van der Waals surface area contributed by atoms with Gasteiger partial charge in [-0.3, -0.25) is 4.79 Å². The Morgan fingerprint density at radius 2 is 2.00 bits per heavy atom. The van der Waals surface area contributed by atoms with Gasteiger partial charge in [0.2, 0.25) is 6.79 Å². The second-order valence-corrected chi connectivity index (χ2v) is 6.33. The standard InChI is InChI=1S/C18H16N2O3S/c21-18(17-14(6-10-24-17)20-8-1-2-9-20)19-7-5-13-3-4-15-16(11-13)23-12-22-15/h1-4,6,8-11H,5,7,12H2,(H,19,21). The van der Waals surface area contributed by atoms with Gasteiger partial charge in [-0.25, -0.2) is 0 Å². The summed E-state index contributed by atoms with van der Waals surface area (Å²) in [5.41, 5.74) is 2.02. The van der Waals surface area contributed by atoms with E-state index in [1.54, 1.807) is 0 Å². The summed E-state index contributed by atoms with van der Waals surface area (Å²) in [6, 6.07) is 11.7. The van der Waals surface area contributed by atoms with Gasteiger partial charge in [0, 0.05) is 18.9 Å². The molecule has 4 rings (SSSR count). The molecule has 0 saturated carbocycles. The molecule has 2 aromatic heterocycles. The molecule has 5 nitrogen and oxygen atoms in total. The summed E-state index contributed by atoms with van der Waals surface area (Å²) in [4.78, 5) is 13.2. The van der Waals surface area contributed by atoms with Crippen LogP contribution >= 0.6 is 11.3 Å². The van der Waals surface area contributed by atoms with Gasteiger partial charge in [0.05, 0.1) is 5.69 Å². The number of benzene rings is 1. The summed E-state index contributed by atoms with van der Waals surface area (Å²) in [5, 5.41) is 4.92. The van der Waals surface area contributed by atoms with Gasteiger partial charge in [-0.15, -0.1) is 11.3 Å². The van der Waals surface area contributed by atoms with Crippen molar-refractivity contribution in [3.05, 3.63) is 64.6 Å². The lowest BCUT2D eigenvalue weighted by Crippen LogP contribution is -2.25. The monoisotopic (exact) mass is 340 g/mol. The first-order valence-electron chi connectivity index (χ1n) is 7.69. The number of carbonyl (C=O) groups is 1. The minimum Gasteiger partial charge on any atom is -0.454 e. The average molecular weight is 340 g/mol. The van der Waals surface area contributed by atoms with E-state index in [0.29, 0.717) is 6.54 Å². The van der Waals surface area contributed by atoms with Crippen LogP contribution in [0.15, 0.2) is 54.2 Å². The summed E-state index contributed by atoms with van der Waals surface area (Å²) in [6.07, 6.45) is 4.61. The van der Waals surface area contributed by atoms with Crippen molar-refractivity contribution in [2.24, 2.45) is 0 Å². The first-order chi connectivity index (χ1) is 11.8. The zero-order valence-corrected chi connectivity index (χ0v) is 13.7. The van der Waals surface area contributed by atoms with Crippen LogP contribution in [0.2, 0.25) is 0 Å². The highest BCUT2D eigenvalue weighted by Gasteiger charge is 2.15. The Kier molecular flexibility index (Phi) is 3.96. The number of ether oxygens (including phenoxy) is 2. The summed E-state index contributed by atoms with van der Waals surface area (Å²) in [7, 11) is 0. The normalized spacial score (nSPS) is 12.3. The van der Waals surface area contributed by atoms with E-state index < -0.39 is 0 Å². The molecule has 1 aromatic carbocycles. The van der Waals surface area contributed by atoms with Crippen LogP contribution < -0.4 is 14.8 Å². The molecule has 0 spiro atoms. The molecule has 3 heterocycles. The van der Waals surface area contributed by atoms with E-state index >= 15 is 0 Å². The van der Waals surface area contributed by atoms with Crippen LogP contribution in [0.25, 0.3) is 5.69 Å². The Labute approximate surface area is 143 Å². The van der Waals surface area contributed by atoms with Crippen LogP contribution in [0, 0.1) is 0 Å². The molecule has 3 aromatic rings. The number of carbonyl (C=O) groups excluding carboxylic acids is 1. The van der Waals surface area contributed by atoms with Crippen LogP contribution in [0.3, 0.4) is 0 Å². The molecule has 1 aliphatic heterocycles. The fourth-order valence-electron chi connectivity index (χ4n) is 2.67. The van der Waals surface area contributed by atoms with Gasteiger partial charge in [0.15, 0.2) is 11.5 Å². The molecule has 1 N–H and O–H groups in total. The van der Waals surface area contributed by atoms with E-state index in [1.807, 2.05) is 58.7 Å². The third kappa shape index (κ3) is 2.88. The molecule has 24 heavy (non-hydrogen) atoms. The maximum Gasteiger partial charge on any atom is 0.263 e. The number of hydrogen-bond acceptors (Lipinski definition) is 4. The molecule has 0 fully saturated rings. The van der Waals surface area contributed by atoms with Crippen molar-refractivity contribution in [1.82, 2.24) is 9.88 Å². The number of nitrogens with one attached hydrogen (secondary N) is 1. The summed E-state index contributed by atoms with van der Waals surface area (Å²) in [5.74, 6) is 1.50. The largest absolute Gasteiger partial charge is 0.454 e.